The Hall–Kier alpha value is -1.15. The van der Waals surface area contributed by atoms with Crippen LogP contribution in [0.2, 0.25) is 0 Å². The molecule has 0 aromatic rings. The predicted octanol–water partition coefficient (Wildman–Crippen LogP) is -1.29. The van der Waals surface area contributed by atoms with Gasteiger partial charge in [-0.2, -0.15) is 4.31 Å². The average Bonchev–Trinajstić information content (AvgIpc) is 2.41. The summed E-state index contributed by atoms with van der Waals surface area (Å²) in [6.07, 6.45) is 2.26. The molecule has 0 spiro atoms. The van der Waals surface area contributed by atoms with Crippen LogP contribution in [0.5, 0.6) is 0 Å². The molecule has 2 aliphatic heterocycles. The Kier molecular flexibility index (Phi) is 4.41. The lowest BCUT2D eigenvalue weighted by atomic mass is 10.3. The van der Waals surface area contributed by atoms with E-state index in [0.29, 0.717) is 39.1 Å². The fraction of sp³-hybridized carbons (Fsp3) is 0.818. The van der Waals surface area contributed by atoms with Crippen LogP contribution in [0, 0.1) is 0 Å². The highest BCUT2D eigenvalue weighted by Gasteiger charge is 2.30. The highest BCUT2D eigenvalue weighted by Crippen LogP contribution is 2.13. The summed E-state index contributed by atoms with van der Waals surface area (Å²) >= 11 is 0. The van der Waals surface area contributed by atoms with Gasteiger partial charge in [0.05, 0.1) is 12.3 Å². The van der Waals surface area contributed by atoms with Crippen molar-refractivity contribution in [3.8, 4) is 0 Å². The van der Waals surface area contributed by atoms with Gasteiger partial charge in [-0.3, -0.25) is 9.59 Å². The number of carbonyl (C=O) groups excluding carboxylic acids is 2. The van der Waals surface area contributed by atoms with E-state index in [4.69, 9.17) is 0 Å². The quantitative estimate of drug-likeness (QED) is 0.606. The molecule has 2 saturated heterocycles. The van der Waals surface area contributed by atoms with Crippen LogP contribution in [0.1, 0.15) is 12.8 Å². The van der Waals surface area contributed by atoms with Crippen molar-refractivity contribution in [2.75, 3.05) is 45.0 Å². The largest absolute Gasteiger partial charge is 0.342 e. The zero-order chi connectivity index (χ0) is 13.9. The van der Waals surface area contributed by atoms with Gasteiger partial charge in [-0.1, -0.05) is 0 Å². The fourth-order valence-corrected chi connectivity index (χ4v) is 3.89. The van der Waals surface area contributed by atoms with Crippen LogP contribution >= 0.6 is 0 Å². The zero-order valence-corrected chi connectivity index (χ0v) is 11.6. The molecule has 2 rings (SSSR count). The fourth-order valence-electron chi connectivity index (χ4n) is 2.35. The molecule has 0 aromatic carbocycles. The molecule has 108 valence electrons. The van der Waals surface area contributed by atoms with Crippen LogP contribution in [0.25, 0.3) is 0 Å². The van der Waals surface area contributed by atoms with E-state index in [9.17, 15) is 18.0 Å². The van der Waals surface area contributed by atoms with Crippen molar-refractivity contribution >= 4 is 22.3 Å². The van der Waals surface area contributed by atoms with Gasteiger partial charge in [0.1, 0.15) is 0 Å². The van der Waals surface area contributed by atoms with Gasteiger partial charge in [-0.15, -0.1) is 0 Å². The summed E-state index contributed by atoms with van der Waals surface area (Å²) in [5.41, 5.74) is 0. The van der Waals surface area contributed by atoms with Crippen molar-refractivity contribution in [2.24, 2.45) is 0 Å². The Labute approximate surface area is 113 Å². The first kappa shape index (κ1) is 14.3. The highest BCUT2D eigenvalue weighted by atomic mass is 32.2. The lowest BCUT2D eigenvalue weighted by Crippen LogP contribution is -2.52. The number of nitrogens with zero attached hydrogens (tertiary/aromatic N) is 3. The molecule has 0 radical (unpaired) electrons. The number of hydrogen-bond donors (Lipinski definition) is 0. The van der Waals surface area contributed by atoms with Crippen LogP contribution in [0.15, 0.2) is 0 Å². The molecule has 2 fully saturated rings. The van der Waals surface area contributed by atoms with E-state index in [2.05, 4.69) is 0 Å². The maximum absolute atomic E-state index is 12.1. The summed E-state index contributed by atoms with van der Waals surface area (Å²) in [6, 6.07) is 0. The van der Waals surface area contributed by atoms with E-state index < -0.39 is 10.0 Å². The number of hydrogen-bond acceptors (Lipinski definition) is 4. The van der Waals surface area contributed by atoms with Gasteiger partial charge in [-0.25, -0.2) is 8.42 Å². The normalized spacial score (nSPS) is 24.2. The molecule has 8 heteroatoms. The van der Waals surface area contributed by atoms with Crippen molar-refractivity contribution < 1.29 is 18.0 Å². The smallest absolute Gasteiger partial charge is 0.238 e. The molecule has 19 heavy (non-hydrogen) atoms. The summed E-state index contributed by atoms with van der Waals surface area (Å²) < 4.78 is 24.9. The molecule has 0 N–H and O–H groups in total. The maximum Gasteiger partial charge on any atom is 0.238 e. The van der Waals surface area contributed by atoms with Gasteiger partial charge >= 0.3 is 0 Å². The van der Waals surface area contributed by atoms with Crippen molar-refractivity contribution in [3.05, 3.63) is 0 Å². The van der Waals surface area contributed by atoms with E-state index in [1.54, 1.807) is 9.80 Å². The summed E-state index contributed by atoms with van der Waals surface area (Å²) in [5.74, 6) is -0.0323. The van der Waals surface area contributed by atoms with Gasteiger partial charge in [0.15, 0.2) is 0 Å². The number of piperazine rings is 1. The van der Waals surface area contributed by atoms with Gasteiger partial charge in [0, 0.05) is 32.7 Å². The minimum absolute atomic E-state index is 0.0660. The minimum atomic E-state index is -3.25. The second kappa shape index (κ2) is 5.87. The lowest BCUT2D eigenvalue weighted by molar-refractivity contribution is -0.135. The molecular weight excluding hydrogens is 270 g/mol. The van der Waals surface area contributed by atoms with Gasteiger partial charge in [0.2, 0.25) is 22.3 Å². The molecule has 0 saturated carbocycles. The monoisotopic (exact) mass is 289 g/mol. The molecule has 2 amide bonds. The van der Waals surface area contributed by atoms with Crippen molar-refractivity contribution in [2.45, 2.75) is 12.8 Å². The van der Waals surface area contributed by atoms with Gasteiger partial charge in [0.25, 0.3) is 0 Å². The number of carbonyl (C=O) groups is 2. The summed E-state index contributed by atoms with van der Waals surface area (Å²) in [4.78, 5) is 25.9. The van der Waals surface area contributed by atoms with Crippen LogP contribution < -0.4 is 0 Å². The van der Waals surface area contributed by atoms with Crippen LogP contribution in [0.3, 0.4) is 0 Å². The summed E-state index contributed by atoms with van der Waals surface area (Å²) in [6.45, 7) is 2.35. The molecule has 0 bridgehead atoms. The van der Waals surface area contributed by atoms with E-state index in [1.165, 1.54) is 4.31 Å². The molecular formula is C11H19N3O4S. The van der Waals surface area contributed by atoms with E-state index in [0.717, 1.165) is 12.8 Å². The Morgan fingerprint density at radius 3 is 2.32 bits per heavy atom. The first-order chi connectivity index (χ1) is 9.03. The third-order valence-corrected chi connectivity index (χ3v) is 5.48. The summed E-state index contributed by atoms with van der Waals surface area (Å²) in [5, 5.41) is 0. The second-order valence-electron chi connectivity index (χ2n) is 4.88. The molecule has 2 heterocycles. The Bertz CT molecular complexity index is 443. The summed E-state index contributed by atoms with van der Waals surface area (Å²) in [7, 11) is -3.25. The average molecular weight is 289 g/mol. The third kappa shape index (κ3) is 3.44. The molecule has 2 aliphatic rings. The third-order valence-electron chi connectivity index (χ3n) is 3.58. The molecule has 0 aliphatic carbocycles. The standard InChI is InChI=1S/C11H19N3O4S/c15-10-12-4-6-13(7-5-12)11(16)9-14-3-1-2-8-19(14,17)18/h10H,1-9H2. The SMILES string of the molecule is O=CN1CCN(C(=O)CN2CCCCS2(=O)=O)CC1. The minimum Gasteiger partial charge on any atom is -0.342 e. The van der Waals surface area contributed by atoms with Crippen LogP contribution in [-0.2, 0) is 19.6 Å². The Morgan fingerprint density at radius 1 is 1.05 bits per heavy atom. The van der Waals surface area contributed by atoms with Crippen molar-refractivity contribution in [1.29, 1.82) is 0 Å². The van der Waals surface area contributed by atoms with Crippen LogP contribution in [-0.4, -0.2) is 79.9 Å². The zero-order valence-electron chi connectivity index (χ0n) is 10.8. The van der Waals surface area contributed by atoms with Gasteiger partial charge < -0.3 is 9.80 Å². The molecule has 0 aromatic heterocycles. The Morgan fingerprint density at radius 2 is 1.74 bits per heavy atom. The lowest BCUT2D eigenvalue weighted by Gasteiger charge is -2.34. The molecule has 0 unspecified atom stereocenters. The second-order valence-corrected chi connectivity index (χ2v) is 6.97. The van der Waals surface area contributed by atoms with Gasteiger partial charge in [-0.05, 0) is 12.8 Å². The van der Waals surface area contributed by atoms with Crippen molar-refractivity contribution in [1.82, 2.24) is 14.1 Å². The van der Waals surface area contributed by atoms with E-state index >= 15 is 0 Å². The highest BCUT2D eigenvalue weighted by molar-refractivity contribution is 7.89. The maximum atomic E-state index is 12.1. The first-order valence-corrected chi connectivity index (χ1v) is 8.09. The van der Waals surface area contributed by atoms with Crippen molar-refractivity contribution in [3.63, 3.8) is 0 Å². The Balaban J connectivity index is 1.89. The molecule has 0 atom stereocenters. The van der Waals surface area contributed by atoms with E-state index in [1.807, 2.05) is 0 Å². The first-order valence-electron chi connectivity index (χ1n) is 6.48. The van der Waals surface area contributed by atoms with E-state index in [-0.39, 0.29) is 18.2 Å². The number of rotatable bonds is 3. The molecule has 7 nitrogen and oxygen atoms in total. The number of amides is 2. The van der Waals surface area contributed by atoms with Crippen LogP contribution in [0.4, 0.5) is 0 Å². The number of sulfonamides is 1. The topological polar surface area (TPSA) is 78.0 Å². The predicted molar refractivity (Wildman–Crippen MR) is 68.8 cm³/mol.